The lowest BCUT2D eigenvalue weighted by molar-refractivity contribution is -0.112. The van der Waals surface area contributed by atoms with E-state index in [-0.39, 0.29) is 21.4 Å². The summed E-state index contributed by atoms with van der Waals surface area (Å²) < 4.78 is 11.8. The first-order chi connectivity index (χ1) is 5.26. The summed E-state index contributed by atoms with van der Waals surface area (Å²) in [6, 6.07) is 0. The van der Waals surface area contributed by atoms with E-state index in [1.165, 1.54) is 0 Å². The molecule has 0 aromatic heterocycles. The molecule has 0 rings (SSSR count). The number of aldehydes is 1. The number of carbonyl (C=O) groups excluding carboxylic acids is 1. The van der Waals surface area contributed by atoms with Gasteiger partial charge in [0.1, 0.15) is 6.29 Å². The quantitative estimate of drug-likeness (QED) is 0.341. The molecule has 0 amide bonds. The Morgan fingerprint density at radius 2 is 2.80 bits per heavy atom. The molecule has 0 radical (unpaired) electrons. The third-order valence-corrected chi connectivity index (χ3v) is 1.57. The Hall–Kier alpha value is -0.380. The molecule has 0 aromatic rings. The summed E-state index contributed by atoms with van der Waals surface area (Å²) in [5.41, 5.74) is 0. The second-order valence-corrected chi connectivity index (χ2v) is 2.30. The molecule has 0 aliphatic heterocycles. The maximum Gasteiger partial charge on any atom is 0.125 e. The summed E-state index contributed by atoms with van der Waals surface area (Å²) in [7, 11) is -0.361. The lowest BCUT2D eigenvalue weighted by Crippen LogP contribution is -2.18. The standard InChI is InChI=1S/C7H11O2P/c1-3-4-7(9-10)6(2)5-8/h1,5-7H,4,10H2,2H3/t6-,7?/m0/s1/i10T/t6-,7?,10?. The average molecular weight is 160 g/mol. The maximum atomic E-state index is 10.3. The molecule has 0 aromatic carbocycles. The first kappa shape index (κ1) is 7.72. The van der Waals surface area contributed by atoms with Gasteiger partial charge in [-0.05, 0) is 0 Å². The van der Waals surface area contributed by atoms with Crippen LogP contribution in [0.1, 0.15) is 13.3 Å². The Morgan fingerprint density at radius 1 is 2.10 bits per heavy atom. The normalized spacial score (nSPS) is 17.8. The SMILES string of the molecule is [3H]POC(CC#C)[C@@H](C)C=O. The van der Waals surface area contributed by atoms with Gasteiger partial charge in [0, 0.05) is 21.8 Å². The zero-order valence-electron chi connectivity index (χ0n) is 6.83. The van der Waals surface area contributed by atoms with E-state index in [0.717, 1.165) is 6.29 Å². The van der Waals surface area contributed by atoms with Gasteiger partial charge in [0.05, 0.1) is 7.38 Å². The van der Waals surface area contributed by atoms with E-state index in [9.17, 15) is 4.79 Å². The van der Waals surface area contributed by atoms with Crippen LogP contribution in [0, 0.1) is 18.3 Å². The van der Waals surface area contributed by atoms with E-state index < -0.39 is 0 Å². The summed E-state index contributed by atoms with van der Waals surface area (Å²) in [6.45, 7) is 1.73. The van der Waals surface area contributed by atoms with Crippen molar-refractivity contribution in [3.05, 3.63) is 0 Å². The summed E-state index contributed by atoms with van der Waals surface area (Å²) in [5.74, 6) is 2.19. The molecule has 0 saturated carbocycles. The number of hydrogen-bond acceptors (Lipinski definition) is 2. The predicted octanol–water partition coefficient (Wildman–Crippen LogP) is 1.02. The van der Waals surface area contributed by atoms with Gasteiger partial charge in [-0.25, -0.2) is 0 Å². The Kier molecular flexibility index (Phi) is 4.18. The van der Waals surface area contributed by atoms with Gasteiger partial charge >= 0.3 is 0 Å². The molecule has 0 bridgehead atoms. The summed E-state index contributed by atoms with van der Waals surface area (Å²) in [4.78, 5) is 10.3. The molecule has 3 atom stereocenters. The minimum atomic E-state index is -0.361. The van der Waals surface area contributed by atoms with E-state index in [1.807, 2.05) is 0 Å². The Labute approximate surface area is 64.9 Å². The van der Waals surface area contributed by atoms with Crippen molar-refractivity contribution in [2.45, 2.75) is 19.4 Å². The molecular weight excluding hydrogens is 147 g/mol. The van der Waals surface area contributed by atoms with Crippen molar-refractivity contribution >= 4 is 15.7 Å². The molecule has 3 heteroatoms. The lowest BCUT2D eigenvalue weighted by Gasteiger charge is -2.13. The summed E-state index contributed by atoms with van der Waals surface area (Å²) in [5, 5.41) is 0. The van der Waals surface area contributed by atoms with Gasteiger partial charge in [0.2, 0.25) is 0 Å². The second kappa shape index (κ2) is 5.41. The molecular formula is C7H11O2P. The van der Waals surface area contributed by atoms with Crippen molar-refractivity contribution in [1.82, 2.24) is 0 Å². The van der Waals surface area contributed by atoms with Crippen LogP contribution in [0.15, 0.2) is 0 Å². The van der Waals surface area contributed by atoms with Crippen LogP contribution in [0.5, 0.6) is 0 Å². The van der Waals surface area contributed by atoms with Gasteiger partial charge in [0.25, 0.3) is 0 Å². The molecule has 0 fully saturated rings. The van der Waals surface area contributed by atoms with Crippen LogP contribution in [-0.4, -0.2) is 13.7 Å². The fourth-order valence-electron chi connectivity index (χ4n) is 0.539. The average Bonchev–Trinajstić information content (AvgIpc) is 2.03. The van der Waals surface area contributed by atoms with Gasteiger partial charge in [-0.2, -0.15) is 0 Å². The largest absolute Gasteiger partial charge is 0.361 e. The van der Waals surface area contributed by atoms with E-state index >= 15 is 0 Å². The molecule has 56 valence electrons. The highest BCUT2D eigenvalue weighted by atomic mass is 31.0. The topological polar surface area (TPSA) is 26.3 Å². The Morgan fingerprint density at radius 3 is 3.20 bits per heavy atom. The molecule has 0 saturated heterocycles. The Bertz CT molecular complexity index is 155. The molecule has 10 heavy (non-hydrogen) atoms. The first-order valence-corrected chi connectivity index (χ1v) is 3.38. The third kappa shape index (κ3) is 2.96. The molecule has 0 heterocycles. The van der Waals surface area contributed by atoms with Crippen LogP contribution in [0.4, 0.5) is 0 Å². The van der Waals surface area contributed by atoms with E-state index in [4.69, 9.17) is 12.2 Å². The Balaban J connectivity index is 3.88. The van der Waals surface area contributed by atoms with Crippen LogP contribution in [0.25, 0.3) is 0 Å². The molecule has 2 unspecified atom stereocenters. The van der Waals surface area contributed by atoms with Crippen LogP contribution in [-0.2, 0) is 9.32 Å². The zero-order valence-corrected chi connectivity index (χ0v) is 6.83. The lowest BCUT2D eigenvalue weighted by atomic mass is 10.0. The van der Waals surface area contributed by atoms with Gasteiger partial charge in [0.15, 0.2) is 0 Å². The molecule has 0 N–H and O–H groups in total. The van der Waals surface area contributed by atoms with Gasteiger partial charge in [-0.15, -0.1) is 12.3 Å². The molecule has 0 aliphatic carbocycles. The smallest absolute Gasteiger partial charge is 0.125 e. The number of rotatable bonds is 5. The predicted molar refractivity (Wildman–Crippen MR) is 43.3 cm³/mol. The van der Waals surface area contributed by atoms with Crippen molar-refractivity contribution in [3.8, 4) is 12.3 Å². The third-order valence-electron chi connectivity index (χ3n) is 1.27. The highest BCUT2D eigenvalue weighted by molar-refractivity contribution is 7.09. The number of hydrogen-bond donors (Lipinski definition) is 0. The van der Waals surface area contributed by atoms with E-state index in [1.54, 1.807) is 6.92 Å². The number of carbonyl (C=O) groups is 1. The maximum absolute atomic E-state index is 10.3. The van der Waals surface area contributed by atoms with Crippen LogP contribution >= 0.6 is 9.41 Å². The van der Waals surface area contributed by atoms with Crippen molar-refractivity contribution in [2.75, 3.05) is 0 Å². The summed E-state index contributed by atoms with van der Waals surface area (Å²) >= 11 is 0. The van der Waals surface area contributed by atoms with E-state index in [0.29, 0.717) is 6.42 Å². The molecule has 0 spiro atoms. The van der Waals surface area contributed by atoms with E-state index in [2.05, 4.69) is 5.92 Å². The van der Waals surface area contributed by atoms with Crippen molar-refractivity contribution < 1.29 is 9.32 Å². The van der Waals surface area contributed by atoms with Crippen LogP contribution in [0.2, 0.25) is 0 Å². The van der Waals surface area contributed by atoms with Gasteiger partial charge in [-0.1, -0.05) is 6.92 Å². The minimum absolute atomic E-state index is 0.219. The first-order valence-electron chi connectivity index (χ1n) is 3.47. The van der Waals surface area contributed by atoms with Crippen molar-refractivity contribution in [3.63, 3.8) is 0 Å². The van der Waals surface area contributed by atoms with Crippen LogP contribution < -0.4 is 0 Å². The van der Waals surface area contributed by atoms with Gasteiger partial charge < -0.3 is 9.32 Å². The fourth-order valence-corrected chi connectivity index (χ4v) is 0.837. The van der Waals surface area contributed by atoms with Crippen molar-refractivity contribution in [1.29, 1.82) is 1.28 Å². The van der Waals surface area contributed by atoms with Gasteiger partial charge in [-0.3, -0.25) is 0 Å². The molecule has 0 aliphatic rings. The monoisotopic (exact) mass is 160 g/mol. The zero-order chi connectivity index (χ0) is 8.69. The summed E-state index contributed by atoms with van der Waals surface area (Å²) in [6.07, 6.45) is 5.95. The van der Waals surface area contributed by atoms with Crippen molar-refractivity contribution in [2.24, 2.45) is 5.92 Å². The molecule has 2 nitrogen and oxygen atoms in total. The second-order valence-electron chi connectivity index (χ2n) is 2.06. The highest BCUT2D eigenvalue weighted by Crippen LogP contribution is 2.11. The fraction of sp³-hybridized carbons (Fsp3) is 0.571. The van der Waals surface area contributed by atoms with Crippen LogP contribution in [0.3, 0.4) is 0 Å². The minimum Gasteiger partial charge on any atom is -0.361 e. The number of terminal acetylenes is 1. The highest BCUT2D eigenvalue weighted by Gasteiger charge is 2.13.